The van der Waals surface area contributed by atoms with Gasteiger partial charge < -0.3 is 4.52 Å². The number of hydrogen-bond acceptors (Lipinski definition) is 5. The molecule has 2 aromatic rings. The number of aromatic amines is 1. The smallest absolute Gasteiger partial charge is 0.314 e. The van der Waals surface area contributed by atoms with Crippen molar-refractivity contribution < 1.29 is 4.52 Å². The second kappa shape index (κ2) is 3.06. The van der Waals surface area contributed by atoms with Gasteiger partial charge in [-0.15, -0.1) is 0 Å². The number of rotatable bonds is 1. The van der Waals surface area contributed by atoms with Gasteiger partial charge in [-0.25, -0.2) is 9.97 Å². The van der Waals surface area contributed by atoms with Crippen LogP contribution in [0.1, 0.15) is 5.82 Å². The average molecular weight is 194 g/mol. The van der Waals surface area contributed by atoms with Gasteiger partial charge in [0.25, 0.3) is 0 Å². The normalized spacial score (nSPS) is 10.2. The fourth-order valence-electron chi connectivity index (χ4n) is 0.927. The Balaban J connectivity index is 2.52. The molecule has 0 unspecified atom stereocenters. The maximum atomic E-state index is 4.78. The molecule has 13 heavy (non-hydrogen) atoms. The lowest BCUT2D eigenvalue weighted by Crippen LogP contribution is -1.90. The minimum absolute atomic E-state index is 0.172. The lowest BCUT2D eigenvalue weighted by molar-refractivity contribution is 0.406. The minimum Gasteiger partial charge on any atom is -0.348 e. The summed E-state index contributed by atoms with van der Waals surface area (Å²) in [4.78, 5) is 12.2. The molecule has 0 radical (unpaired) electrons. The first kappa shape index (κ1) is 8.06. The van der Waals surface area contributed by atoms with E-state index in [0.29, 0.717) is 17.3 Å². The molecule has 2 heterocycles. The van der Waals surface area contributed by atoms with Crippen LogP contribution in [0.5, 0.6) is 0 Å². The summed E-state index contributed by atoms with van der Waals surface area (Å²) in [5.41, 5.74) is 0.673. The van der Waals surface area contributed by atoms with Gasteiger partial charge in [0, 0.05) is 6.20 Å². The van der Waals surface area contributed by atoms with Crippen LogP contribution < -0.4 is 0 Å². The van der Waals surface area contributed by atoms with Crippen LogP contribution in [0.4, 0.5) is 0 Å². The summed E-state index contributed by atoms with van der Waals surface area (Å²) in [7, 11) is 0. The molecule has 0 aromatic carbocycles. The second-order valence-electron chi connectivity index (χ2n) is 2.42. The van der Waals surface area contributed by atoms with E-state index in [1.54, 1.807) is 19.2 Å². The number of hydrogen-bond donors (Lipinski definition) is 1. The highest BCUT2D eigenvalue weighted by Gasteiger charge is 2.03. The first-order valence-corrected chi connectivity index (χ1v) is 4.02. The van der Waals surface area contributed by atoms with E-state index in [1.165, 1.54) is 0 Å². The van der Waals surface area contributed by atoms with Gasteiger partial charge in [-0.05, 0) is 25.2 Å². The molecule has 0 bridgehead atoms. The molecule has 0 aliphatic heterocycles. The van der Waals surface area contributed by atoms with Gasteiger partial charge in [0.1, 0.15) is 11.5 Å². The lowest BCUT2D eigenvalue weighted by Gasteiger charge is -1.93. The number of nitrogens with zero attached hydrogens (tertiary/aromatic N) is 3. The highest BCUT2D eigenvalue weighted by molar-refractivity contribution is 7.71. The van der Waals surface area contributed by atoms with Crippen molar-refractivity contribution in [3.05, 3.63) is 22.9 Å². The zero-order valence-electron chi connectivity index (χ0n) is 6.81. The third kappa shape index (κ3) is 1.62. The lowest BCUT2D eigenvalue weighted by atomic mass is 10.4. The third-order valence-corrected chi connectivity index (χ3v) is 1.63. The maximum absolute atomic E-state index is 4.78. The molecule has 2 rings (SSSR count). The summed E-state index contributed by atoms with van der Waals surface area (Å²) < 4.78 is 4.78. The molecule has 0 aliphatic rings. The van der Waals surface area contributed by atoms with Crippen molar-refractivity contribution in [2.24, 2.45) is 0 Å². The van der Waals surface area contributed by atoms with Crippen molar-refractivity contribution >= 4 is 12.2 Å². The van der Waals surface area contributed by atoms with Gasteiger partial charge >= 0.3 is 4.84 Å². The van der Waals surface area contributed by atoms with E-state index in [9.17, 15) is 0 Å². The highest BCUT2D eigenvalue weighted by Crippen LogP contribution is 2.09. The number of aryl methyl sites for hydroxylation is 1. The first-order chi connectivity index (χ1) is 6.25. The summed E-state index contributed by atoms with van der Waals surface area (Å²) in [5, 5.41) is 2.57. The molecular formula is C7H6N4OS. The molecule has 6 heteroatoms. The molecule has 0 aliphatic carbocycles. The molecule has 5 nitrogen and oxygen atoms in total. The van der Waals surface area contributed by atoms with Crippen LogP contribution in [0.2, 0.25) is 0 Å². The Labute approximate surface area is 78.8 Å². The van der Waals surface area contributed by atoms with E-state index in [2.05, 4.69) is 20.1 Å². The average Bonchev–Trinajstić information content (AvgIpc) is 2.52. The van der Waals surface area contributed by atoms with E-state index in [4.69, 9.17) is 16.7 Å². The summed E-state index contributed by atoms with van der Waals surface area (Å²) in [6, 6.07) is 1.73. The number of nitrogens with one attached hydrogen (secondary N) is 1. The standard InChI is InChI=1S/C7H6N4OS/c1-4-8-3-2-5(9-4)6-10-7(13)12-11-6/h2-3H,1H3,(H,10,11,13). The Bertz CT molecular complexity index is 475. The van der Waals surface area contributed by atoms with E-state index in [0.717, 1.165) is 0 Å². The summed E-state index contributed by atoms with van der Waals surface area (Å²) >= 11 is 4.71. The van der Waals surface area contributed by atoms with Crippen LogP contribution in [0.15, 0.2) is 16.8 Å². The van der Waals surface area contributed by atoms with E-state index < -0.39 is 0 Å². The fraction of sp³-hybridized carbons (Fsp3) is 0.143. The Morgan fingerprint density at radius 2 is 2.31 bits per heavy atom. The largest absolute Gasteiger partial charge is 0.348 e. The zero-order chi connectivity index (χ0) is 9.26. The van der Waals surface area contributed by atoms with Crippen LogP contribution in [0.3, 0.4) is 0 Å². The Morgan fingerprint density at radius 3 is 2.92 bits per heavy atom. The monoisotopic (exact) mass is 194 g/mol. The van der Waals surface area contributed by atoms with Crippen molar-refractivity contribution in [3.63, 3.8) is 0 Å². The first-order valence-electron chi connectivity index (χ1n) is 3.61. The molecule has 0 amide bonds. The van der Waals surface area contributed by atoms with Crippen molar-refractivity contribution in [3.8, 4) is 11.5 Å². The Morgan fingerprint density at radius 1 is 1.46 bits per heavy atom. The molecular weight excluding hydrogens is 188 g/mol. The van der Waals surface area contributed by atoms with Crippen molar-refractivity contribution in [1.82, 2.24) is 20.1 Å². The van der Waals surface area contributed by atoms with Crippen LogP contribution in [0, 0.1) is 11.8 Å². The van der Waals surface area contributed by atoms with Gasteiger partial charge in [0.15, 0.2) is 5.82 Å². The number of H-pyrrole nitrogens is 1. The quantitative estimate of drug-likeness (QED) is 0.697. The fourth-order valence-corrected chi connectivity index (χ4v) is 1.06. The molecule has 2 aromatic heterocycles. The molecule has 66 valence electrons. The summed E-state index contributed by atoms with van der Waals surface area (Å²) in [6.45, 7) is 1.80. The van der Waals surface area contributed by atoms with Crippen molar-refractivity contribution in [2.75, 3.05) is 0 Å². The van der Waals surface area contributed by atoms with Crippen LogP contribution >= 0.6 is 12.2 Å². The molecule has 1 N–H and O–H groups in total. The van der Waals surface area contributed by atoms with Gasteiger partial charge in [-0.1, -0.05) is 0 Å². The molecule has 0 saturated carbocycles. The van der Waals surface area contributed by atoms with Crippen LogP contribution in [0.25, 0.3) is 11.5 Å². The van der Waals surface area contributed by atoms with Crippen molar-refractivity contribution in [1.29, 1.82) is 0 Å². The zero-order valence-corrected chi connectivity index (χ0v) is 7.63. The highest BCUT2D eigenvalue weighted by atomic mass is 32.1. The van der Waals surface area contributed by atoms with Gasteiger partial charge in [0.05, 0.1) is 0 Å². The molecule has 0 fully saturated rings. The Hall–Kier alpha value is -1.56. The van der Waals surface area contributed by atoms with E-state index >= 15 is 0 Å². The van der Waals surface area contributed by atoms with Crippen LogP contribution in [-0.4, -0.2) is 20.1 Å². The van der Waals surface area contributed by atoms with Gasteiger partial charge in [-0.3, -0.25) is 0 Å². The van der Waals surface area contributed by atoms with E-state index in [-0.39, 0.29) is 4.84 Å². The van der Waals surface area contributed by atoms with E-state index in [1.807, 2.05) is 0 Å². The maximum Gasteiger partial charge on any atom is 0.314 e. The predicted octanol–water partition coefficient (Wildman–Crippen LogP) is 1.50. The molecule has 0 saturated heterocycles. The molecule has 0 atom stereocenters. The summed E-state index contributed by atoms with van der Waals surface area (Å²) in [6.07, 6.45) is 1.66. The summed E-state index contributed by atoms with van der Waals surface area (Å²) in [5.74, 6) is 1.20. The van der Waals surface area contributed by atoms with Gasteiger partial charge in [-0.2, -0.15) is 10.1 Å². The van der Waals surface area contributed by atoms with Crippen molar-refractivity contribution in [2.45, 2.75) is 6.92 Å². The topological polar surface area (TPSA) is 67.6 Å². The van der Waals surface area contributed by atoms with Crippen LogP contribution in [-0.2, 0) is 0 Å². The van der Waals surface area contributed by atoms with Gasteiger partial charge in [0.2, 0.25) is 0 Å². The predicted molar refractivity (Wildman–Crippen MR) is 47.5 cm³/mol. The Kier molecular flexibility index (Phi) is 1.90. The third-order valence-electron chi connectivity index (χ3n) is 1.46. The number of aromatic nitrogens is 4. The molecule has 0 spiro atoms. The SMILES string of the molecule is Cc1nccc(-c2nc(=S)o[nH]2)n1. The minimum atomic E-state index is 0.172. The second-order valence-corrected chi connectivity index (χ2v) is 2.77.